The van der Waals surface area contributed by atoms with Crippen LogP contribution in [0.25, 0.3) is 0 Å². The predicted octanol–water partition coefficient (Wildman–Crippen LogP) is 1.15. The maximum Gasteiger partial charge on any atom is 0.255 e. The molecule has 1 unspecified atom stereocenters. The first kappa shape index (κ1) is 10.6. The SMILES string of the molecule is CC(O)Cn1c(C2CC2)nc(Cl)cc1=O. The van der Waals surface area contributed by atoms with E-state index in [1.807, 2.05) is 0 Å². The Kier molecular flexibility index (Phi) is 2.80. The monoisotopic (exact) mass is 228 g/mol. The molecule has 1 N–H and O–H groups in total. The van der Waals surface area contributed by atoms with Gasteiger partial charge in [0, 0.05) is 12.0 Å². The topological polar surface area (TPSA) is 55.1 Å². The van der Waals surface area contributed by atoms with Crippen molar-refractivity contribution in [3.63, 3.8) is 0 Å². The molecule has 15 heavy (non-hydrogen) atoms. The number of hydrogen-bond donors (Lipinski definition) is 1. The Hall–Kier alpha value is -0.870. The molecule has 0 aliphatic heterocycles. The molecule has 0 radical (unpaired) electrons. The zero-order valence-corrected chi connectivity index (χ0v) is 9.24. The van der Waals surface area contributed by atoms with E-state index in [-0.39, 0.29) is 17.3 Å². The van der Waals surface area contributed by atoms with E-state index in [0.29, 0.717) is 11.7 Å². The van der Waals surface area contributed by atoms with Crippen molar-refractivity contribution in [2.24, 2.45) is 0 Å². The van der Waals surface area contributed by atoms with Gasteiger partial charge in [-0.2, -0.15) is 0 Å². The summed E-state index contributed by atoms with van der Waals surface area (Å²) >= 11 is 5.74. The van der Waals surface area contributed by atoms with Crippen LogP contribution in [0.15, 0.2) is 10.9 Å². The molecule has 0 saturated heterocycles. The third-order valence-electron chi connectivity index (χ3n) is 2.40. The molecule has 82 valence electrons. The summed E-state index contributed by atoms with van der Waals surface area (Å²) in [6, 6.07) is 1.29. The second kappa shape index (κ2) is 3.94. The Bertz CT molecular complexity index is 424. The minimum atomic E-state index is -0.553. The summed E-state index contributed by atoms with van der Waals surface area (Å²) in [7, 11) is 0. The minimum Gasteiger partial charge on any atom is -0.392 e. The lowest BCUT2D eigenvalue weighted by Crippen LogP contribution is -2.28. The molecule has 1 aromatic heterocycles. The molecule has 1 aliphatic carbocycles. The van der Waals surface area contributed by atoms with Gasteiger partial charge in [0.2, 0.25) is 0 Å². The molecular weight excluding hydrogens is 216 g/mol. The van der Waals surface area contributed by atoms with Gasteiger partial charge >= 0.3 is 0 Å². The van der Waals surface area contributed by atoms with Gasteiger partial charge in [-0.05, 0) is 19.8 Å². The Labute approximate surface area is 92.5 Å². The summed E-state index contributed by atoms with van der Waals surface area (Å²) in [5, 5.41) is 9.55. The van der Waals surface area contributed by atoms with Crippen molar-refractivity contribution < 1.29 is 5.11 Å². The molecule has 1 saturated carbocycles. The molecule has 1 atom stereocenters. The lowest BCUT2D eigenvalue weighted by molar-refractivity contribution is 0.170. The summed E-state index contributed by atoms with van der Waals surface area (Å²) in [6.07, 6.45) is 1.54. The molecule has 1 fully saturated rings. The summed E-state index contributed by atoms with van der Waals surface area (Å²) < 4.78 is 1.52. The Morgan fingerprint density at radius 3 is 2.93 bits per heavy atom. The molecule has 4 nitrogen and oxygen atoms in total. The van der Waals surface area contributed by atoms with Gasteiger partial charge in [0.25, 0.3) is 5.56 Å². The van der Waals surface area contributed by atoms with Crippen LogP contribution in [0.4, 0.5) is 0 Å². The van der Waals surface area contributed by atoms with Crippen LogP contribution in [0, 0.1) is 0 Å². The lowest BCUT2D eigenvalue weighted by atomic mass is 10.3. The van der Waals surface area contributed by atoms with E-state index >= 15 is 0 Å². The fourth-order valence-electron chi connectivity index (χ4n) is 1.60. The maximum absolute atomic E-state index is 11.7. The van der Waals surface area contributed by atoms with Crippen LogP contribution in [0.2, 0.25) is 5.15 Å². The number of hydrogen-bond acceptors (Lipinski definition) is 3. The van der Waals surface area contributed by atoms with Crippen molar-refractivity contribution >= 4 is 11.6 Å². The third-order valence-corrected chi connectivity index (χ3v) is 2.59. The number of aliphatic hydroxyl groups excluding tert-OH is 1. The lowest BCUT2D eigenvalue weighted by Gasteiger charge is -2.12. The summed E-state index contributed by atoms with van der Waals surface area (Å²) in [6.45, 7) is 1.94. The van der Waals surface area contributed by atoms with E-state index < -0.39 is 6.10 Å². The molecule has 1 aliphatic rings. The van der Waals surface area contributed by atoms with Crippen LogP contribution in [0.1, 0.15) is 31.5 Å². The maximum atomic E-state index is 11.7. The summed E-state index contributed by atoms with van der Waals surface area (Å²) in [4.78, 5) is 15.8. The van der Waals surface area contributed by atoms with Gasteiger partial charge in [-0.1, -0.05) is 11.6 Å². The highest BCUT2D eigenvalue weighted by atomic mass is 35.5. The molecular formula is C10H13ClN2O2. The van der Waals surface area contributed by atoms with Gasteiger partial charge < -0.3 is 5.11 Å². The Morgan fingerprint density at radius 2 is 2.40 bits per heavy atom. The third kappa shape index (κ3) is 2.38. The molecule has 0 aromatic carbocycles. The van der Waals surface area contributed by atoms with Crippen LogP contribution < -0.4 is 5.56 Å². The van der Waals surface area contributed by atoms with Crippen molar-refractivity contribution in [3.8, 4) is 0 Å². The van der Waals surface area contributed by atoms with Crippen LogP contribution in [0.5, 0.6) is 0 Å². The number of aliphatic hydroxyl groups is 1. The van der Waals surface area contributed by atoms with Gasteiger partial charge in [-0.15, -0.1) is 0 Å². The highest BCUT2D eigenvalue weighted by Gasteiger charge is 2.29. The zero-order valence-electron chi connectivity index (χ0n) is 8.48. The van der Waals surface area contributed by atoms with E-state index in [9.17, 15) is 9.90 Å². The quantitative estimate of drug-likeness (QED) is 0.790. The van der Waals surface area contributed by atoms with Crippen LogP contribution in [-0.2, 0) is 6.54 Å². The van der Waals surface area contributed by atoms with Crippen molar-refractivity contribution in [1.29, 1.82) is 0 Å². The van der Waals surface area contributed by atoms with Crippen molar-refractivity contribution in [3.05, 3.63) is 27.4 Å². The highest BCUT2D eigenvalue weighted by molar-refractivity contribution is 6.29. The Balaban J connectivity index is 2.44. The zero-order chi connectivity index (χ0) is 11.0. The van der Waals surface area contributed by atoms with Gasteiger partial charge in [-0.25, -0.2) is 4.98 Å². The van der Waals surface area contributed by atoms with E-state index in [1.54, 1.807) is 6.92 Å². The van der Waals surface area contributed by atoms with E-state index in [0.717, 1.165) is 12.8 Å². The number of rotatable bonds is 3. The minimum absolute atomic E-state index is 0.183. The normalized spacial score (nSPS) is 17.8. The largest absolute Gasteiger partial charge is 0.392 e. The second-order valence-corrected chi connectivity index (χ2v) is 4.40. The van der Waals surface area contributed by atoms with Crippen LogP contribution in [-0.4, -0.2) is 20.8 Å². The van der Waals surface area contributed by atoms with E-state index in [2.05, 4.69) is 4.98 Å². The molecule has 1 aromatic rings. The molecule has 1 heterocycles. The van der Waals surface area contributed by atoms with Gasteiger partial charge in [0.15, 0.2) is 0 Å². The molecule has 0 bridgehead atoms. The average Bonchev–Trinajstić information content (AvgIpc) is 2.91. The number of aromatic nitrogens is 2. The summed E-state index contributed by atoms with van der Waals surface area (Å²) in [5.74, 6) is 1.06. The predicted molar refractivity (Wildman–Crippen MR) is 57.2 cm³/mol. The van der Waals surface area contributed by atoms with Crippen LogP contribution >= 0.6 is 11.6 Å². The molecule has 5 heteroatoms. The van der Waals surface area contributed by atoms with Crippen molar-refractivity contribution in [1.82, 2.24) is 9.55 Å². The van der Waals surface area contributed by atoms with Gasteiger partial charge in [0.05, 0.1) is 12.6 Å². The number of halogens is 1. The van der Waals surface area contributed by atoms with E-state index in [1.165, 1.54) is 10.6 Å². The fourth-order valence-corrected chi connectivity index (χ4v) is 1.78. The highest BCUT2D eigenvalue weighted by Crippen LogP contribution is 2.38. The molecule has 2 rings (SSSR count). The van der Waals surface area contributed by atoms with E-state index in [4.69, 9.17) is 11.6 Å². The van der Waals surface area contributed by atoms with Gasteiger partial charge in [0.1, 0.15) is 11.0 Å². The average molecular weight is 229 g/mol. The smallest absolute Gasteiger partial charge is 0.255 e. The standard InChI is InChI=1S/C10H13ClN2O2/c1-6(14)5-13-9(15)4-8(11)12-10(13)7-2-3-7/h4,6-7,14H,2-3,5H2,1H3. The Morgan fingerprint density at radius 1 is 1.73 bits per heavy atom. The van der Waals surface area contributed by atoms with Crippen molar-refractivity contribution in [2.45, 2.75) is 38.3 Å². The second-order valence-electron chi connectivity index (χ2n) is 4.01. The fraction of sp³-hybridized carbons (Fsp3) is 0.600. The first-order valence-electron chi connectivity index (χ1n) is 5.03. The molecule has 0 spiro atoms. The molecule has 0 amide bonds. The van der Waals surface area contributed by atoms with Gasteiger partial charge in [-0.3, -0.25) is 9.36 Å². The first-order chi connectivity index (χ1) is 7.08. The summed E-state index contributed by atoms with van der Waals surface area (Å²) in [5.41, 5.74) is -0.183. The van der Waals surface area contributed by atoms with Crippen molar-refractivity contribution in [2.75, 3.05) is 0 Å². The number of nitrogens with zero attached hydrogens (tertiary/aromatic N) is 2. The first-order valence-corrected chi connectivity index (χ1v) is 5.41. The van der Waals surface area contributed by atoms with Crippen LogP contribution in [0.3, 0.4) is 0 Å².